The van der Waals surface area contributed by atoms with E-state index in [-0.39, 0.29) is 51.4 Å². The van der Waals surface area contributed by atoms with Crippen molar-refractivity contribution in [3.63, 3.8) is 0 Å². The van der Waals surface area contributed by atoms with Crippen LogP contribution in [0.25, 0.3) is 22.2 Å². The van der Waals surface area contributed by atoms with E-state index in [1.165, 1.54) is 19.2 Å². The van der Waals surface area contributed by atoms with E-state index in [1.54, 1.807) is 13.0 Å². The van der Waals surface area contributed by atoms with Crippen molar-refractivity contribution in [3.05, 3.63) is 81.9 Å². The molecule has 3 heterocycles. The zero-order chi connectivity index (χ0) is 34.5. The summed E-state index contributed by atoms with van der Waals surface area (Å²) in [5.41, 5.74) is -0.968. The molecule has 0 spiro atoms. The summed E-state index contributed by atoms with van der Waals surface area (Å²) in [5.74, 6) is -3.26. The first-order valence-corrected chi connectivity index (χ1v) is 14.1. The van der Waals surface area contributed by atoms with Gasteiger partial charge in [0.05, 0.1) is 17.3 Å². The summed E-state index contributed by atoms with van der Waals surface area (Å²) in [6.45, 7) is 0.0938. The van der Waals surface area contributed by atoms with Gasteiger partial charge in [-0.05, 0) is 61.9 Å². The first-order chi connectivity index (χ1) is 21.9. The number of nitrogens with one attached hydrogen (secondary N) is 1. The van der Waals surface area contributed by atoms with Crippen molar-refractivity contribution in [3.8, 4) is 22.8 Å². The first kappa shape index (κ1) is 33.7. The van der Waals surface area contributed by atoms with Crippen LogP contribution < -0.4 is 20.5 Å². The van der Waals surface area contributed by atoms with Crippen molar-refractivity contribution in [2.24, 2.45) is 5.73 Å². The standard InChI is InChI=1S/C31H25ClF6N4O5/c1-14-5-16-6-17(8-21(24(16)40-10-14)46-11-23(34)35)27(43)41-12-30(45,31(36,37)38)22-9-18-26(47-13-29(18,2)28(39)44)25(42-22)15-3-4-20(33)19(32)7-15/h3-10,23,45H,11-13H2,1-2H3,(H2,39,44)(H,41,43)/t29-,30?/m0/s1. The number of carbonyl (C=O) groups is 2. The van der Waals surface area contributed by atoms with Crippen LogP contribution in [0.3, 0.4) is 0 Å². The van der Waals surface area contributed by atoms with Crippen molar-refractivity contribution < 1.29 is 50.5 Å². The topological polar surface area (TPSA) is 137 Å². The Hall–Kier alpha value is -4.63. The van der Waals surface area contributed by atoms with Crippen LogP contribution in [0.4, 0.5) is 26.3 Å². The van der Waals surface area contributed by atoms with Crippen LogP contribution in [0.5, 0.6) is 11.5 Å². The van der Waals surface area contributed by atoms with E-state index in [0.717, 1.165) is 30.3 Å². The quantitative estimate of drug-likeness (QED) is 0.202. The monoisotopic (exact) mass is 682 g/mol. The molecule has 1 aliphatic heterocycles. The lowest BCUT2D eigenvalue weighted by Gasteiger charge is -2.31. The number of aromatic nitrogens is 2. The number of aryl methyl sites for hydroxylation is 1. The molecule has 0 radical (unpaired) electrons. The second kappa shape index (κ2) is 12.2. The van der Waals surface area contributed by atoms with Crippen molar-refractivity contribution in [2.45, 2.75) is 37.5 Å². The SMILES string of the molecule is Cc1cnc2c(OCC(F)F)cc(C(=O)NCC(O)(c3cc4c(c(-c5ccc(F)c(Cl)c5)n3)OC[C@]4(C)C(N)=O)C(F)(F)F)cc2c1. The number of halogens is 7. The number of hydrogen-bond acceptors (Lipinski definition) is 7. The molecule has 1 unspecified atom stereocenters. The van der Waals surface area contributed by atoms with Crippen LogP contribution in [0.2, 0.25) is 5.02 Å². The summed E-state index contributed by atoms with van der Waals surface area (Å²) in [4.78, 5) is 33.8. The van der Waals surface area contributed by atoms with Gasteiger partial charge in [0, 0.05) is 28.3 Å². The Bertz CT molecular complexity index is 1910. The lowest BCUT2D eigenvalue weighted by molar-refractivity contribution is -0.265. The molecule has 0 saturated carbocycles. The lowest BCUT2D eigenvalue weighted by Crippen LogP contribution is -2.51. The van der Waals surface area contributed by atoms with Crippen LogP contribution >= 0.6 is 11.6 Å². The number of nitrogens with zero attached hydrogens (tertiary/aromatic N) is 2. The number of primary amides is 1. The van der Waals surface area contributed by atoms with Gasteiger partial charge in [-0.2, -0.15) is 13.2 Å². The molecule has 4 aromatic rings. The van der Waals surface area contributed by atoms with Gasteiger partial charge in [-0.25, -0.2) is 18.2 Å². The molecule has 0 aliphatic carbocycles. The van der Waals surface area contributed by atoms with Crippen LogP contribution in [0.1, 0.15) is 34.1 Å². The molecule has 2 aromatic heterocycles. The number of aliphatic hydroxyl groups is 1. The number of hydrogen-bond donors (Lipinski definition) is 3. The molecule has 1 aliphatic rings. The fraction of sp³-hybridized carbons (Fsp3) is 0.290. The van der Waals surface area contributed by atoms with Gasteiger partial charge in [-0.3, -0.25) is 14.6 Å². The Morgan fingerprint density at radius 2 is 1.91 bits per heavy atom. The molecular weight excluding hydrogens is 658 g/mol. The fourth-order valence-electron chi connectivity index (χ4n) is 5.01. The summed E-state index contributed by atoms with van der Waals surface area (Å²) < 4.78 is 94.8. The normalized spacial score (nSPS) is 17.3. The van der Waals surface area contributed by atoms with Gasteiger partial charge in [0.1, 0.15) is 47.2 Å². The number of nitrogens with two attached hydrogens (primary N) is 1. The molecule has 2 atom stereocenters. The number of alkyl halides is 5. The van der Waals surface area contributed by atoms with E-state index in [1.807, 2.05) is 5.32 Å². The zero-order valence-corrected chi connectivity index (χ0v) is 25.3. The molecule has 248 valence electrons. The van der Waals surface area contributed by atoms with Crippen molar-refractivity contribution in [2.75, 3.05) is 19.8 Å². The van der Waals surface area contributed by atoms with E-state index in [0.29, 0.717) is 5.56 Å². The van der Waals surface area contributed by atoms with E-state index in [4.69, 9.17) is 26.8 Å². The number of fused-ring (bicyclic) bond motifs is 2. The van der Waals surface area contributed by atoms with Crippen LogP contribution in [0.15, 0.2) is 48.7 Å². The molecule has 47 heavy (non-hydrogen) atoms. The molecule has 4 N–H and O–H groups in total. The van der Waals surface area contributed by atoms with Gasteiger partial charge in [0.25, 0.3) is 12.3 Å². The second-order valence-corrected chi connectivity index (χ2v) is 11.6. The molecule has 0 saturated heterocycles. The molecule has 16 heteroatoms. The maximum absolute atomic E-state index is 14.8. The molecule has 9 nitrogen and oxygen atoms in total. The molecular formula is C31H25ClF6N4O5. The third-order valence-electron chi connectivity index (χ3n) is 7.72. The number of ether oxygens (including phenoxy) is 2. The summed E-state index contributed by atoms with van der Waals surface area (Å²) in [5, 5.41) is 13.2. The van der Waals surface area contributed by atoms with E-state index in [2.05, 4.69) is 9.97 Å². The van der Waals surface area contributed by atoms with Gasteiger partial charge < -0.3 is 25.6 Å². The van der Waals surface area contributed by atoms with Gasteiger partial charge in [-0.15, -0.1) is 0 Å². The molecule has 5 rings (SSSR count). The highest BCUT2D eigenvalue weighted by molar-refractivity contribution is 6.31. The second-order valence-electron chi connectivity index (χ2n) is 11.1. The molecule has 2 amide bonds. The molecule has 0 bridgehead atoms. The number of amides is 2. The fourth-order valence-corrected chi connectivity index (χ4v) is 5.19. The lowest BCUT2D eigenvalue weighted by atomic mass is 9.81. The van der Waals surface area contributed by atoms with Gasteiger partial charge in [0.15, 0.2) is 0 Å². The zero-order valence-electron chi connectivity index (χ0n) is 24.5. The minimum atomic E-state index is -5.47. The third-order valence-corrected chi connectivity index (χ3v) is 8.01. The van der Waals surface area contributed by atoms with Crippen molar-refractivity contribution in [1.82, 2.24) is 15.3 Å². The predicted molar refractivity (Wildman–Crippen MR) is 157 cm³/mol. The average Bonchev–Trinajstić information content (AvgIpc) is 3.36. The number of benzene rings is 2. The number of rotatable bonds is 9. The van der Waals surface area contributed by atoms with Crippen LogP contribution in [-0.2, 0) is 15.8 Å². The minimum absolute atomic E-state index is 0.00632. The van der Waals surface area contributed by atoms with E-state index >= 15 is 0 Å². The Morgan fingerprint density at radius 1 is 1.19 bits per heavy atom. The molecule has 2 aromatic carbocycles. The Balaban J connectivity index is 1.58. The van der Waals surface area contributed by atoms with E-state index in [9.17, 15) is 41.0 Å². The first-order valence-electron chi connectivity index (χ1n) is 13.8. The Kier molecular flexibility index (Phi) is 8.75. The minimum Gasteiger partial charge on any atom is -0.489 e. The Morgan fingerprint density at radius 3 is 2.55 bits per heavy atom. The number of pyridine rings is 2. The smallest absolute Gasteiger partial charge is 0.424 e. The summed E-state index contributed by atoms with van der Waals surface area (Å²) in [6.07, 6.45) is -6.91. The van der Waals surface area contributed by atoms with Crippen LogP contribution in [-0.4, -0.2) is 59.2 Å². The highest BCUT2D eigenvalue weighted by Gasteiger charge is 2.57. The van der Waals surface area contributed by atoms with Gasteiger partial charge in [-0.1, -0.05) is 11.6 Å². The maximum Gasteiger partial charge on any atom is 0.424 e. The van der Waals surface area contributed by atoms with Crippen molar-refractivity contribution in [1.29, 1.82) is 0 Å². The molecule has 0 fully saturated rings. The number of carbonyl (C=O) groups excluding carboxylic acids is 2. The third kappa shape index (κ3) is 6.24. The summed E-state index contributed by atoms with van der Waals surface area (Å²) in [7, 11) is 0. The summed E-state index contributed by atoms with van der Waals surface area (Å²) in [6, 6.07) is 7.86. The average molecular weight is 683 g/mol. The summed E-state index contributed by atoms with van der Waals surface area (Å²) >= 11 is 5.91. The maximum atomic E-state index is 14.8. The van der Waals surface area contributed by atoms with E-state index < -0.39 is 65.1 Å². The highest BCUT2D eigenvalue weighted by Crippen LogP contribution is 2.48. The Labute approximate surface area is 267 Å². The predicted octanol–water partition coefficient (Wildman–Crippen LogP) is 5.36. The van der Waals surface area contributed by atoms with Gasteiger partial charge >= 0.3 is 6.18 Å². The van der Waals surface area contributed by atoms with Crippen molar-refractivity contribution >= 4 is 34.3 Å². The van der Waals surface area contributed by atoms with Crippen LogP contribution in [0, 0.1) is 12.7 Å². The largest absolute Gasteiger partial charge is 0.489 e. The highest BCUT2D eigenvalue weighted by atomic mass is 35.5. The van der Waals surface area contributed by atoms with Gasteiger partial charge in [0.2, 0.25) is 11.5 Å².